The third-order valence-electron chi connectivity index (χ3n) is 4.84. The fourth-order valence-corrected chi connectivity index (χ4v) is 4.44. The van der Waals surface area contributed by atoms with E-state index in [1.807, 2.05) is 24.1 Å². The van der Waals surface area contributed by atoms with Crippen molar-refractivity contribution in [2.24, 2.45) is 5.92 Å². The summed E-state index contributed by atoms with van der Waals surface area (Å²) < 4.78 is 0. The fourth-order valence-electron chi connectivity index (χ4n) is 3.52. The molecule has 0 saturated carbocycles. The predicted octanol–water partition coefficient (Wildman–Crippen LogP) is 4.53. The largest absolute Gasteiger partial charge is 0.327 e. The molecule has 134 valence electrons. The highest BCUT2D eigenvalue weighted by molar-refractivity contribution is 7.13. The molecule has 1 N–H and O–H groups in total. The molecule has 25 heavy (non-hydrogen) atoms. The van der Waals surface area contributed by atoms with Gasteiger partial charge in [0.1, 0.15) is 0 Å². The first-order valence-electron chi connectivity index (χ1n) is 8.88. The van der Waals surface area contributed by atoms with E-state index >= 15 is 0 Å². The van der Waals surface area contributed by atoms with E-state index in [1.54, 1.807) is 11.3 Å². The van der Waals surface area contributed by atoms with E-state index in [-0.39, 0.29) is 6.03 Å². The molecule has 0 bridgehead atoms. The van der Waals surface area contributed by atoms with Gasteiger partial charge in [-0.2, -0.15) is 0 Å². The Morgan fingerprint density at radius 1 is 1.40 bits per heavy atom. The van der Waals surface area contributed by atoms with E-state index in [2.05, 4.69) is 47.8 Å². The maximum absolute atomic E-state index is 12.5. The summed E-state index contributed by atoms with van der Waals surface area (Å²) in [4.78, 5) is 18.0. The zero-order valence-electron chi connectivity index (χ0n) is 15.3. The van der Waals surface area contributed by atoms with Gasteiger partial charge in [-0.15, -0.1) is 11.3 Å². The maximum Gasteiger partial charge on any atom is 0.321 e. The number of carbonyl (C=O) groups is 1. The van der Waals surface area contributed by atoms with Crippen molar-refractivity contribution in [3.63, 3.8) is 0 Å². The number of aryl methyl sites for hydroxylation is 1. The number of thiophene rings is 1. The first-order chi connectivity index (χ1) is 12.0. The summed E-state index contributed by atoms with van der Waals surface area (Å²) in [7, 11) is 4.04. The number of amides is 2. The van der Waals surface area contributed by atoms with Crippen LogP contribution in [-0.4, -0.2) is 49.6 Å². The highest BCUT2D eigenvalue weighted by Gasteiger charge is 2.20. The Morgan fingerprint density at radius 2 is 2.24 bits per heavy atom. The van der Waals surface area contributed by atoms with Gasteiger partial charge >= 0.3 is 6.03 Å². The lowest BCUT2D eigenvalue weighted by Crippen LogP contribution is -2.41. The highest BCUT2D eigenvalue weighted by Crippen LogP contribution is 2.30. The SMILES string of the molecule is Cc1ccsc1-c1cccc(NC(=O)N(C)CC2CCCN(C)C2)c1. The third kappa shape index (κ3) is 4.61. The highest BCUT2D eigenvalue weighted by atomic mass is 32.1. The Balaban J connectivity index is 1.61. The molecule has 1 aromatic heterocycles. The Kier molecular flexibility index (Phi) is 5.76. The van der Waals surface area contributed by atoms with E-state index < -0.39 is 0 Å². The quantitative estimate of drug-likeness (QED) is 0.873. The van der Waals surface area contributed by atoms with Crippen LogP contribution in [0.3, 0.4) is 0 Å². The molecule has 2 aromatic rings. The van der Waals surface area contributed by atoms with Crippen molar-refractivity contribution in [1.82, 2.24) is 9.80 Å². The second kappa shape index (κ2) is 8.02. The summed E-state index contributed by atoms with van der Waals surface area (Å²) >= 11 is 1.73. The summed E-state index contributed by atoms with van der Waals surface area (Å²) in [6, 6.07) is 10.2. The van der Waals surface area contributed by atoms with Crippen molar-refractivity contribution < 1.29 is 4.79 Å². The van der Waals surface area contributed by atoms with Crippen LogP contribution in [0.25, 0.3) is 10.4 Å². The molecule has 1 atom stereocenters. The lowest BCUT2D eigenvalue weighted by atomic mass is 9.98. The van der Waals surface area contributed by atoms with Gasteiger partial charge in [0.25, 0.3) is 0 Å². The molecule has 3 rings (SSSR count). The number of likely N-dealkylation sites (tertiary alicyclic amines) is 1. The second-order valence-electron chi connectivity index (χ2n) is 7.09. The van der Waals surface area contributed by atoms with Gasteiger partial charge in [0, 0.05) is 30.7 Å². The summed E-state index contributed by atoms with van der Waals surface area (Å²) in [6.45, 7) is 5.16. The normalized spacial score (nSPS) is 18.1. The lowest BCUT2D eigenvalue weighted by molar-refractivity contribution is 0.170. The van der Waals surface area contributed by atoms with Crippen LogP contribution in [0.15, 0.2) is 35.7 Å². The monoisotopic (exact) mass is 357 g/mol. The van der Waals surface area contributed by atoms with Crippen molar-refractivity contribution in [1.29, 1.82) is 0 Å². The van der Waals surface area contributed by atoms with E-state index in [0.29, 0.717) is 5.92 Å². The molecule has 1 fully saturated rings. The van der Waals surface area contributed by atoms with E-state index in [1.165, 1.54) is 29.8 Å². The Morgan fingerprint density at radius 3 is 2.96 bits per heavy atom. The Labute approximate surface area is 154 Å². The lowest BCUT2D eigenvalue weighted by Gasteiger charge is -2.32. The van der Waals surface area contributed by atoms with Gasteiger partial charge in [-0.25, -0.2) is 4.79 Å². The van der Waals surface area contributed by atoms with Crippen LogP contribution >= 0.6 is 11.3 Å². The smallest absolute Gasteiger partial charge is 0.321 e. The molecule has 4 nitrogen and oxygen atoms in total. The summed E-state index contributed by atoms with van der Waals surface area (Å²) in [5.74, 6) is 0.564. The number of anilines is 1. The standard InChI is InChI=1S/C20H27N3OS/c1-15-9-11-25-19(15)17-7-4-8-18(12-17)21-20(24)23(3)14-16-6-5-10-22(2)13-16/h4,7-9,11-12,16H,5-6,10,13-14H2,1-3H3,(H,21,24). The minimum Gasteiger partial charge on any atom is -0.327 e. The second-order valence-corrected chi connectivity index (χ2v) is 8.01. The van der Waals surface area contributed by atoms with Crippen LogP contribution in [0, 0.1) is 12.8 Å². The van der Waals surface area contributed by atoms with Crippen molar-refractivity contribution in [2.75, 3.05) is 39.0 Å². The molecular weight excluding hydrogens is 330 g/mol. The van der Waals surface area contributed by atoms with Gasteiger partial charge < -0.3 is 15.1 Å². The number of rotatable bonds is 4. The van der Waals surface area contributed by atoms with Crippen LogP contribution in [0.2, 0.25) is 0 Å². The third-order valence-corrected chi connectivity index (χ3v) is 5.90. The fraction of sp³-hybridized carbons (Fsp3) is 0.450. The molecule has 1 aliphatic heterocycles. The van der Waals surface area contributed by atoms with Gasteiger partial charge in [-0.3, -0.25) is 0 Å². The first-order valence-corrected chi connectivity index (χ1v) is 9.76. The van der Waals surface area contributed by atoms with Crippen molar-refractivity contribution in [3.05, 3.63) is 41.3 Å². The van der Waals surface area contributed by atoms with Crippen molar-refractivity contribution >= 4 is 23.1 Å². The predicted molar refractivity (Wildman–Crippen MR) is 106 cm³/mol. The average molecular weight is 358 g/mol. The molecule has 1 unspecified atom stereocenters. The van der Waals surface area contributed by atoms with E-state index in [9.17, 15) is 4.79 Å². The number of piperidine rings is 1. The molecular formula is C20H27N3OS. The topological polar surface area (TPSA) is 35.6 Å². The minimum atomic E-state index is -0.0340. The summed E-state index contributed by atoms with van der Waals surface area (Å²) in [5, 5.41) is 5.14. The Hall–Kier alpha value is -1.85. The Bertz CT molecular complexity index is 727. The van der Waals surface area contributed by atoms with Crippen LogP contribution in [-0.2, 0) is 0 Å². The van der Waals surface area contributed by atoms with Gasteiger partial charge in [-0.05, 0) is 74.0 Å². The van der Waals surface area contributed by atoms with Gasteiger partial charge in [-0.1, -0.05) is 12.1 Å². The summed E-state index contributed by atoms with van der Waals surface area (Å²) in [5.41, 5.74) is 3.27. The maximum atomic E-state index is 12.5. The molecule has 1 saturated heterocycles. The average Bonchev–Trinajstić information content (AvgIpc) is 3.01. The molecule has 5 heteroatoms. The number of nitrogens with one attached hydrogen (secondary N) is 1. The van der Waals surface area contributed by atoms with Crippen LogP contribution in [0.1, 0.15) is 18.4 Å². The molecule has 1 aromatic carbocycles. The molecule has 1 aliphatic rings. The molecule has 2 heterocycles. The zero-order valence-corrected chi connectivity index (χ0v) is 16.1. The number of urea groups is 1. The molecule has 0 aliphatic carbocycles. The molecule has 2 amide bonds. The number of nitrogens with zero attached hydrogens (tertiary/aromatic N) is 2. The minimum absolute atomic E-state index is 0.0340. The first kappa shape index (κ1) is 18.0. The van der Waals surface area contributed by atoms with Gasteiger partial charge in [0.15, 0.2) is 0 Å². The molecule has 0 radical (unpaired) electrons. The van der Waals surface area contributed by atoms with Crippen molar-refractivity contribution in [2.45, 2.75) is 19.8 Å². The summed E-state index contributed by atoms with van der Waals surface area (Å²) in [6.07, 6.45) is 2.42. The number of benzene rings is 1. The zero-order chi connectivity index (χ0) is 17.8. The van der Waals surface area contributed by atoms with E-state index in [0.717, 1.165) is 24.3 Å². The number of hydrogen-bond acceptors (Lipinski definition) is 3. The van der Waals surface area contributed by atoms with Crippen LogP contribution < -0.4 is 5.32 Å². The van der Waals surface area contributed by atoms with E-state index in [4.69, 9.17) is 0 Å². The van der Waals surface area contributed by atoms with Gasteiger partial charge in [0.2, 0.25) is 0 Å². The molecule has 0 spiro atoms. The number of carbonyl (C=O) groups excluding carboxylic acids is 1. The van der Waals surface area contributed by atoms with Crippen LogP contribution in [0.5, 0.6) is 0 Å². The van der Waals surface area contributed by atoms with Gasteiger partial charge in [0.05, 0.1) is 0 Å². The van der Waals surface area contributed by atoms with Crippen LogP contribution in [0.4, 0.5) is 10.5 Å². The number of hydrogen-bond donors (Lipinski definition) is 1. The van der Waals surface area contributed by atoms with Crippen molar-refractivity contribution in [3.8, 4) is 10.4 Å².